The minimum absolute atomic E-state index is 0.229. The Morgan fingerprint density at radius 1 is 1.50 bits per heavy atom. The number of hydrogen-bond acceptors (Lipinski definition) is 4. The van der Waals surface area contributed by atoms with Gasteiger partial charge in [0.1, 0.15) is 0 Å². The minimum atomic E-state index is -0.522. The molecule has 0 amide bonds. The van der Waals surface area contributed by atoms with Crippen molar-refractivity contribution in [2.45, 2.75) is 24.8 Å². The number of carbonyl (C=O) groups excluding carboxylic acids is 1. The minimum Gasteiger partial charge on any atom is -0.465 e. The van der Waals surface area contributed by atoms with Crippen LogP contribution in [0.2, 0.25) is 0 Å². The van der Waals surface area contributed by atoms with E-state index in [1.807, 2.05) is 24.3 Å². The highest BCUT2D eigenvalue weighted by molar-refractivity contribution is 8.00. The highest BCUT2D eigenvalue weighted by atomic mass is 32.2. The van der Waals surface area contributed by atoms with Gasteiger partial charge in [-0.2, -0.15) is 0 Å². The molecule has 0 spiro atoms. The van der Waals surface area contributed by atoms with Gasteiger partial charge in [-0.1, -0.05) is 18.2 Å². The Kier molecular flexibility index (Phi) is 5.35. The lowest BCUT2D eigenvalue weighted by Crippen LogP contribution is -2.07. The maximum absolute atomic E-state index is 11.2. The summed E-state index contributed by atoms with van der Waals surface area (Å²) in [6.07, 6.45) is -0.522. The van der Waals surface area contributed by atoms with Crippen LogP contribution in [0, 0.1) is 0 Å². The smallest absolute Gasteiger partial charge is 0.316 e. The Bertz CT molecular complexity index is 350. The van der Waals surface area contributed by atoms with Gasteiger partial charge in [-0.25, -0.2) is 0 Å². The van der Waals surface area contributed by atoms with Crippen molar-refractivity contribution in [3.63, 3.8) is 0 Å². The van der Waals surface area contributed by atoms with Gasteiger partial charge in [0, 0.05) is 4.90 Å². The summed E-state index contributed by atoms with van der Waals surface area (Å²) in [4.78, 5) is 12.1. The van der Waals surface area contributed by atoms with E-state index in [0.717, 1.165) is 10.5 Å². The SMILES string of the molecule is CCOC(=O)CSc1ccccc1[C@H](C)O. The van der Waals surface area contributed by atoms with Gasteiger partial charge in [-0.15, -0.1) is 11.8 Å². The normalized spacial score (nSPS) is 12.2. The van der Waals surface area contributed by atoms with Crippen molar-refractivity contribution in [3.8, 4) is 0 Å². The van der Waals surface area contributed by atoms with E-state index in [2.05, 4.69) is 0 Å². The van der Waals surface area contributed by atoms with Crippen LogP contribution in [-0.4, -0.2) is 23.4 Å². The molecule has 1 N–H and O–H groups in total. The van der Waals surface area contributed by atoms with Crippen molar-refractivity contribution in [2.24, 2.45) is 0 Å². The third kappa shape index (κ3) is 3.87. The Labute approximate surface area is 99.8 Å². The lowest BCUT2D eigenvalue weighted by atomic mass is 10.1. The molecule has 3 nitrogen and oxygen atoms in total. The first-order valence-electron chi connectivity index (χ1n) is 5.20. The molecule has 0 saturated heterocycles. The van der Waals surface area contributed by atoms with Crippen LogP contribution in [0.25, 0.3) is 0 Å². The summed E-state index contributed by atoms with van der Waals surface area (Å²) in [5.74, 6) is 0.0466. The topological polar surface area (TPSA) is 46.5 Å². The van der Waals surface area contributed by atoms with E-state index in [9.17, 15) is 9.90 Å². The van der Waals surface area contributed by atoms with E-state index in [4.69, 9.17) is 4.74 Å². The molecule has 16 heavy (non-hydrogen) atoms. The van der Waals surface area contributed by atoms with Crippen LogP contribution in [0.4, 0.5) is 0 Å². The second-order valence-electron chi connectivity index (χ2n) is 3.31. The maximum Gasteiger partial charge on any atom is 0.316 e. The molecule has 1 atom stereocenters. The first-order chi connectivity index (χ1) is 7.65. The van der Waals surface area contributed by atoms with Crippen LogP contribution in [0.3, 0.4) is 0 Å². The third-order valence-corrected chi connectivity index (χ3v) is 3.08. The summed E-state index contributed by atoms with van der Waals surface area (Å²) in [6.45, 7) is 3.90. The number of esters is 1. The Hall–Kier alpha value is -1.00. The van der Waals surface area contributed by atoms with Gasteiger partial charge in [0.05, 0.1) is 18.5 Å². The zero-order valence-corrected chi connectivity index (χ0v) is 10.3. The van der Waals surface area contributed by atoms with E-state index in [1.165, 1.54) is 11.8 Å². The van der Waals surface area contributed by atoms with E-state index in [1.54, 1.807) is 13.8 Å². The molecule has 0 aliphatic heterocycles. The number of hydrogen-bond donors (Lipinski definition) is 1. The van der Waals surface area contributed by atoms with Crippen molar-refractivity contribution < 1.29 is 14.6 Å². The average Bonchev–Trinajstić information content (AvgIpc) is 2.27. The molecule has 4 heteroatoms. The number of benzene rings is 1. The highest BCUT2D eigenvalue weighted by Gasteiger charge is 2.09. The summed E-state index contributed by atoms with van der Waals surface area (Å²) in [7, 11) is 0. The van der Waals surface area contributed by atoms with Gasteiger partial charge in [0.2, 0.25) is 0 Å². The van der Waals surface area contributed by atoms with Crippen LogP contribution in [0.5, 0.6) is 0 Å². The second-order valence-corrected chi connectivity index (χ2v) is 4.32. The van der Waals surface area contributed by atoms with Gasteiger partial charge in [-0.3, -0.25) is 4.79 Å². The lowest BCUT2D eigenvalue weighted by Gasteiger charge is -2.10. The summed E-state index contributed by atoms with van der Waals surface area (Å²) in [5.41, 5.74) is 0.844. The fourth-order valence-corrected chi connectivity index (χ4v) is 2.23. The molecule has 88 valence electrons. The summed E-state index contributed by atoms with van der Waals surface area (Å²) < 4.78 is 4.84. The second kappa shape index (κ2) is 6.55. The number of ether oxygens (including phenoxy) is 1. The van der Waals surface area contributed by atoms with Crippen molar-refractivity contribution >= 4 is 17.7 Å². The van der Waals surface area contributed by atoms with Gasteiger partial charge in [0.25, 0.3) is 0 Å². The van der Waals surface area contributed by atoms with Crippen molar-refractivity contribution in [1.29, 1.82) is 0 Å². The van der Waals surface area contributed by atoms with Crippen LogP contribution >= 0.6 is 11.8 Å². The van der Waals surface area contributed by atoms with E-state index >= 15 is 0 Å². The van der Waals surface area contributed by atoms with Crippen molar-refractivity contribution in [2.75, 3.05) is 12.4 Å². The maximum atomic E-state index is 11.2. The van der Waals surface area contributed by atoms with Crippen LogP contribution in [-0.2, 0) is 9.53 Å². The summed E-state index contributed by atoms with van der Waals surface area (Å²) in [6, 6.07) is 7.51. The molecule has 0 heterocycles. The first-order valence-corrected chi connectivity index (χ1v) is 6.19. The molecule has 1 rings (SSSR count). The summed E-state index contributed by atoms with van der Waals surface area (Å²) >= 11 is 1.39. The highest BCUT2D eigenvalue weighted by Crippen LogP contribution is 2.27. The average molecular weight is 240 g/mol. The molecule has 0 radical (unpaired) electrons. The number of thioether (sulfide) groups is 1. The molecular formula is C12H16O3S. The Balaban J connectivity index is 2.63. The third-order valence-electron chi connectivity index (χ3n) is 2.02. The predicted molar refractivity (Wildman–Crippen MR) is 64.4 cm³/mol. The van der Waals surface area contributed by atoms with Gasteiger partial charge in [0.15, 0.2) is 0 Å². The van der Waals surface area contributed by atoms with Crippen molar-refractivity contribution in [3.05, 3.63) is 29.8 Å². The molecule has 1 aromatic rings. The molecular weight excluding hydrogens is 224 g/mol. The molecule has 0 bridgehead atoms. The largest absolute Gasteiger partial charge is 0.465 e. The number of rotatable bonds is 5. The molecule has 0 aliphatic rings. The quantitative estimate of drug-likeness (QED) is 0.634. The van der Waals surface area contributed by atoms with Crippen LogP contribution < -0.4 is 0 Å². The van der Waals surface area contributed by atoms with E-state index in [-0.39, 0.29) is 11.7 Å². The standard InChI is InChI=1S/C12H16O3S/c1-3-15-12(14)8-16-11-7-5-4-6-10(11)9(2)13/h4-7,9,13H,3,8H2,1-2H3/t9-/m0/s1. The molecule has 0 fully saturated rings. The van der Waals surface area contributed by atoms with Gasteiger partial charge in [-0.05, 0) is 25.5 Å². The first kappa shape index (κ1) is 13.1. The molecule has 1 aromatic carbocycles. The number of aliphatic hydroxyl groups excluding tert-OH is 1. The monoisotopic (exact) mass is 240 g/mol. The van der Waals surface area contributed by atoms with E-state index < -0.39 is 6.10 Å². The Morgan fingerprint density at radius 3 is 2.81 bits per heavy atom. The predicted octanol–water partition coefficient (Wildman–Crippen LogP) is 2.40. The molecule has 0 aromatic heterocycles. The fraction of sp³-hybridized carbons (Fsp3) is 0.417. The zero-order chi connectivity index (χ0) is 12.0. The van der Waals surface area contributed by atoms with Crippen molar-refractivity contribution in [1.82, 2.24) is 0 Å². The molecule has 0 saturated carbocycles. The Morgan fingerprint density at radius 2 is 2.19 bits per heavy atom. The lowest BCUT2D eigenvalue weighted by molar-refractivity contribution is -0.139. The number of aliphatic hydroxyl groups is 1. The van der Waals surface area contributed by atoms with E-state index in [0.29, 0.717) is 6.61 Å². The van der Waals surface area contributed by atoms with Crippen LogP contribution in [0.1, 0.15) is 25.5 Å². The molecule has 0 aliphatic carbocycles. The van der Waals surface area contributed by atoms with Crippen LogP contribution in [0.15, 0.2) is 29.2 Å². The molecule has 0 unspecified atom stereocenters. The zero-order valence-electron chi connectivity index (χ0n) is 9.47. The van der Waals surface area contributed by atoms with Gasteiger partial charge < -0.3 is 9.84 Å². The summed E-state index contributed by atoms with van der Waals surface area (Å²) in [5, 5.41) is 9.54. The number of carbonyl (C=O) groups is 1. The van der Waals surface area contributed by atoms with Gasteiger partial charge >= 0.3 is 5.97 Å². The fourth-order valence-electron chi connectivity index (χ4n) is 1.30.